The van der Waals surface area contributed by atoms with Gasteiger partial charge in [0.1, 0.15) is 0 Å². The molecule has 0 spiro atoms. The molecule has 3 rings (SSSR count). The summed E-state index contributed by atoms with van der Waals surface area (Å²) in [5.74, 6) is -0.0886. The Morgan fingerprint density at radius 2 is 1.37 bits per heavy atom. The van der Waals surface area contributed by atoms with Crippen LogP contribution < -0.4 is 10.2 Å². The monoisotopic (exact) mass is 358 g/mol. The van der Waals surface area contributed by atoms with Gasteiger partial charge in [-0.05, 0) is 35.4 Å². The molecule has 3 aromatic carbocycles. The van der Waals surface area contributed by atoms with Gasteiger partial charge < -0.3 is 10.2 Å². The first kappa shape index (κ1) is 18.4. The van der Waals surface area contributed by atoms with E-state index in [1.807, 2.05) is 84.9 Å². The maximum absolute atomic E-state index is 13.0. The van der Waals surface area contributed by atoms with Crippen LogP contribution in [-0.4, -0.2) is 11.8 Å². The number of nitrogens with zero attached hydrogens (tertiary/aromatic N) is 1. The number of rotatable bonds is 6. The zero-order valence-corrected chi connectivity index (χ0v) is 15.3. The molecule has 4 nitrogen and oxygen atoms in total. The van der Waals surface area contributed by atoms with Gasteiger partial charge >= 0.3 is 0 Å². The van der Waals surface area contributed by atoms with Crippen LogP contribution in [0.3, 0.4) is 0 Å². The van der Waals surface area contributed by atoms with Gasteiger partial charge in [-0.2, -0.15) is 0 Å². The highest BCUT2D eigenvalue weighted by atomic mass is 16.2. The number of nitrogens with one attached hydrogen (secondary N) is 1. The summed E-state index contributed by atoms with van der Waals surface area (Å²) in [6, 6.07) is 27.0. The molecule has 3 aromatic rings. The zero-order chi connectivity index (χ0) is 19.1. The van der Waals surface area contributed by atoms with Crippen LogP contribution in [0.5, 0.6) is 0 Å². The fraction of sp³-hybridized carbons (Fsp3) is 0.130. The Morgan fingerprint density at radius 3 is 1.96 bits per heavy atom. The minimum absolute atomic E-state index is 0.0253. The highest BCUT2D eigenvalue weighted by molar-refractivity contribution is 5.95. The van der Waals surface area contributed by atoms with Crippen molar-refractivity contribution in [2.24, 2.45) is 0 Å². The minimum Gasteiger partial charge on any atom is -0.326 e. The van der Waals surface area contributed by atoms with E-state index in [0.29, 0.717) is 13.0 Å². The Bertz CT molecular complexity index is 891. The van der Waals surface area contributed by atoms with Gasteiger partial charge in [-0.25, -0.2) is 0 Å². The molecule has 0 heterocycles. The lowest BCUT2D eigenvalue weighted by Crippen LogP contribution is -2.31. The first-order chi connectivity index (χ1) is 13.1. The molecule has 0 bridgehead atoms. The lowest BCUT2D eigenvalue weighted by molar-refractivity contribution is -0.118. The molecule has 0 fully saturated rings. The molecule has 27 heavy (non-hydrogen) atoms. The van der Waals surface area contributed by atoms with Crippen LogP contribution in [0.2, 0.25) is 0 Å². The lowest BCUT2D eigenvalue weighted by atomic mass is 10.1. The van der Waals surface area contributed by atoms with Gasteiger partial charge in [-0.15, -0.1) is 0 Å². The molecule has 0 atom stereocenters. The predicted molar refractivity (Wildman–Crippen MR) is 109 cm³/mol. The summed E-state index contributed by atoms with van der Waals surface area (Å²) in [4.78, 5) is 26.0. The summed E-state index contributed by atoms with van der Waals surface area (Å²) in [5.41, 5.74) is 3.59. The topological polar surface area (TPSA) is 49.4 Å². The molecule has 0 aromatic heterocycles. The van der Waals surface area contributed by atoms with Gasteiger partial charge in [0.05, 0.1) is 13.0 Å². The highest BCUT2D eigenvalue weighted by Gasteiger charge is 2.16. The van der Waals surface area contributed by atoms with Gasteiger partial charge in [0.25, 0.3) is 0 Å². The second kappa shape index (κ2) is 8.81. The Kier molecular flexibility index (Phi) is 6.00. The van der Waals surface area contributed by atoms with Crippen LogP contribution >= 0.6 is 0 Å². The van der Waals surface area contributed by atoms with E-state index in [9.17, 15) is 9.59 Å². The standard InChI is InChI=1S/C23H22N2O2/c1-18(26)24-21-14-12-19(13-15-21)16-23(27)25(22-10-6-3-7-11-22)17-20-8-4-2-5-9-20/h2-15H,16-17H2,1H3,(H,24,26). The van der Waals surface area contributed by atoms with Crippen LogP contribution in [0, 0.1) is 0 Å². The van der Waals surface area contributed by atoms with E-state index in [2.05, 4.69) is 5.32 Å². The largest absolute Gasteiger partial charge is 0.326 e. The van der Waals surface area contributed by atoms with Gasteiger partial charge in [-0.3, -0.25) is 9.59 Å². The molecule has 0 saturated heterocycles. The first-order valence-electron chi connectivity index (χ1n) is 8.88. The third-order valence-electron chi connectivity index (χ3n) is 4.18. The normalized spacial score (nSPS) is 10.3. The van der Waals surface area contributed by atoms with Gasteiger partial charge in [0.2, 0.25) is 11.8 Å². The van der Waals surface area contributed by atoms with Crippen molar-refractivity contribution in [2.75, 3.05) is 10.2 Å². The number of carbonyl (C=O) groups is 2. The number of hydrogen-bond donors (Lipinski definition) is 1. The van der Waals surface area contributed by atoms with E-state index in [1.54, 1.807) is 4.90 Å². The van der Waals surface area contributed by atoms with Crippen molar-refractivity contribution in [1.82, 2.24) is 0 Å². The molecule has 0 unspecified atom stereocenters. The lowest BCUT2D eigenvalue weighted by Gasteiger charge is -2.23. The van der Waals surface area contributed by atoms with Crippen molar-refractivity contribution in [2.45, 2.75) is 19.9 Å². The van der Waals surface area contributed by atoms with Crippen molar-refractivity contribution in [3.05, 3.63) is 96.1 Å². The number of benzene rings is 3. The van der Waals surface area contributed by atoms with Crippen molar-refractivity contribution in [1.29, 1.82) is 0 Å². The number of carbonyl (C=O) groups excluding carboxylic acids is 2. The van der Waals surface area contributed by atoms with Gasteiger partial charge in [0, 0.05) is 18.3 Å². The molecule has 136 valence electrons. The average molecular weight is 358 g/mol. The molecule has 0 radical (unpaired) electrons. The Morgan fingerprint density at radius 1 is 0.778 bits per heavy atom. The van der Waals surface area contributed by atoms with E-state index >= 15 is 0 Å². The van der Waals surface area contributed by atoms with E-state index in [0.717, 1.165) is 22.5 Å². The summed E-state index contributed by atoms with van der Waals surface area (Å²) < 4.78 is 0. The summed E-state index contributed by atoms with van der Waals surface area (Å²) in [6.07, 6.45) is 0.294. The fourth-order valence-electron chi connectivity index (χ4n) is 2.88. The molecule has 0 saturated carbocycles. The number of hydrogen-bond acceptors (Lipinski definition) is 2. The molecule has 4 heteroatoms. The van der Waals surface area contributed by atoms with Crippen molar-refractivity contribution >= 4 is 23.2 Å². The maximum atomic E-state index is 13.0. The van der Waals surface area contributed by atoms with Crippen LogP contribution in [0.4, 0.5) is 11.4 Å². The molecular formula is C23H22N2O2. The number of para-hydroxylation sites is 1. The first-order valence-corrected chi connectivity index (χ1v) is 8.88. The van der Waals surface area contributed by atoms with Crippen LogP contribution in [0.25, 0.3) is 0 Å². The zero-order valence-electron chi connectivity index (χ0n) is 15.3. The van der Waals surface area contributed by atoms with E-state index < -0.39 is 0 Å². The number of anilines is 2. The third-order valence-corrected chi connectivity index (χ3v) is 4.18. The molecule has 0 aliphatic rings. The molecule has 1 N–H and O–H groups in total. The Balaban J connectivity index is 1.77. The second-order valence-electron chi connectivity index (χ2n) is 6.36. The van der Waals surface area contributed by atoms with Gasteiger partial charge in [-0.1, -0.05) is 60.7 Å². The molecular weight excluding hydrogens is 336 g/mol. The van der Waals surface area contributed by atoms with E-state index in [1.165, 1.54) is 6.92 Å². The van der Waals surface area contributed by atoms with Crippen molar-refractivity contribution in [3.63, 3.8) is 0 Å². The maximum Gasteiger partial charge on any atom is 0.231 e. The van der Waals surface area contributed by atoms with Crippen molar-refractivity contribution < 1.29 is 9.59 Å². The minimum atomic E-state index is -0.114. The molecule has 2 amide bonds. The summed E-state index contributed by atoms with van der Waals surface area (Å²) in [5, 5.41) is 2.73. The van der Waals surface area contributed by atoms with Gasteiger partial charge in [0.15, 0.2) is 0 Å². The van der Waals surface area contributed by atoms with Crippen LogP contribution in [-0.2, 0) is 22.6 Å². The van der Waals surface area contributed by atoms with Crippen molar-refractivity contribution in [3.8, 4) is 0 Å². The van der Waals surface area contributed by atoms with E-state index in [-0.39, 0.29) is 11.8 Å². The second-order valence-corrected chi connectivity index (χ2v) is 6.36. The Hall–Kier alpha value is -3.40. The predicted octanol–water partition coefficient (Wildman–Crippen LogP) is 4.42. The smallest absolute Gasteiger partial charge is 0.231 e. The third kappa shape index (κ3) is 5.28. The summed E-state index contributed by atoms with van der Waals surface area (Å²) >= 11 is 0. The summed E-state index contributed by atoms with van der Waals surface area (Å²) in [7, 11) is 0. The van der Waals surface area contributed by atoms with E-state index in [4.69, 9.17) is 0 Å². The molecule has 0 aliphatic heterocycles. The number of amides is 2. The average Bonchev–Trinajstić information content (AvgIpc) is 2.68. The Labute approximate surface area is 159 Å². The highest BCUT2D eigenvalue weighted by Crippen LogP contribution is 2.19. The quantitative estimate of drug-likeness (QED) is 0.709. The molecule has 0 aliphatic carbocycles. The van der Waals surface area contributed by atoms with Crippen LogP contribution in [0.1, 0.15) is 18.1 Å². The SMILES string of the molecule is CC(=O)Nc1ccc(CC(=O)N(Cc2ccccc2)c2ccccc2)cc1. The summed E-state index contributed by atoms with van der Waals surface area (Å²) in [6.45, 7) is 1.99. The van der Waals surface area contributed by atoms with Crippen LogP contribution in [0.15, 0.2) is 84.9 Å². The fourth-order valence-corrected chi connectivity index (χ4v) is 2.88.